The number of nitrogens with two attached hydrogens (primary N) is 1. The predicted octanol–water partition coefficient (Wildman–Crippen LogP) is -0.0643. The molecule has 2 saturated heterocycles. The van der Waals surface area contributed by atoms with E-state index in [0.29, 0.717) is 12.6 Å². The van der Waals surface area contributed by atoms with Gasteiger partial charge >= 0.3 is 0 Å². The first-order chi connectivity index (χ1) is 7.27. The lowest BCUT2D eigenvalue weighted by atomic mass is 9.90. The SMILES string of the molecule is NC(=O)CN1CCCC1C1CCCNC1. The summed E-state index contributed by atoms with van der Waals surface area (Å²) >= 11 is 0. The summed E-state index contributed by atoms with van der Waals surface area (Å²) in [5.41, 5.74) is 5.27. The molecule has 2 unspecified atom stereocenters. The van der Waals surface area contributed by atoms with E-state index < -0.39 is 0 Å². The van der Waals surface area contributed by atoms with Crippen LogP contribution in [0.15, 0.2) is 0 Å². The second-order valence-electron chi connectivity index (χ2n) is 4.75. The highest BCUT2D eigenvalue weighted by Gasteiger charge is 2.32. The molecule has 0 saturated carbocycles. The van der Waals surface area contributed by atoms with Gasteiger partial charge in [0.25, 0.3) is 0 Å². The molecule has 2 aliphatic heterocycles. The van der Waals surface area contributed by atoms with Gasteiger partial charge in [0.2, 0.25) is 5.91 Å². The Morgan fingerprint density at radius 2 is 2.27 bits per heavy atom. The Hall–Kier alpha value is -0.610. The van der Waals surface area contributed by atoms with Crippen molar-refractivity contribution in [2.45, 2.75) is 31.7 Å². The van der Waals surface area contributed by atoms with Crippen LogP contribution < -0.4 is 11.1 Å². The monoisotopic (exact) mass is 211 g/mol. The molecular weight excluding hydrogens is 190 g/mol. The molecule has 0 spiro atoms. The minimum atomic E-state index is -0.189. The summed E-state index contributed by atoms with van der Waals surface area (Å²) in [6.07, 6.45) is 5.02. The zero-order chi connectivity index (χ0) is 10.7. The Morgan fingerprint density at radius 3 is 2.93 bits per heavy atom. The number of rotatable bonds is 3. The van der Waals surface area contributed by atoms with Gasteiger partial charge in [-0.25, -0.2) is 0 Å². The van der Waals surface area contributed by atoms with Crippen molar-refractivity contribution in [3.8, 4) is 0 Å². The molecule has 0 aromatic heterocycles. The molecule has 2 aliphatic rings. The van der Waals surface area contributed by atoms with E-state index in [2.05, 4.69) is 10.2 Å². The molecule has 0 aromatic rings. The van der Waals surface area contributed by atoms with Crippen LogP contribution in [-0.2, 0) is 4.79 Å². The summed E-state index contributed by atoms with van der Waals surface area (Å²) in [7, 11) is 0. The molecule has 15 heavy (non-hydrogen) atoms. The van der Waals surface area contributed by atoms with E-state index in [0.717, 1.165) is 25.6 Å². The molecule has 4 nitrogen and oxygen atoms in total. The van der Waals surface area contributed by atoms with Gasteiger partial charge in [0.15, 0.2) is 0 Å². The highest BCUT2D eigenvalue weighted by atomic mass is 16.1. The molecule has 0 aromatic carbocycles. The molecule has 86 valence electrons. The van der Waals surface area contributed by atoms with Crippen molar-refractivity contribution in [2.24, 2.45) is 11.7 Å². The number of carbonyl (C=O) groups is 1. The van der Waals surface area contributed by atoms with Crippen LogP contribution in [0, 0.1) is 5.92 Å². The molecular formula is C11H21N3O. The van der Waals surface area contributed by atoms with E-state index >= 15 is 0 Å². The average molecular weight is 211 g/mol. The highest BCUT2D eigenvalue weighted by molar-refractivity contribution is 5.76. The van der Waals surface area contributed by atoms with Gasteiger partial charge in [-0.15, -0.1) is 0 Å². The maximum absolute atomic E-state index is 10.9. The van der Waals surface area contributed by atoms with Crippen molar-refractivity contribution in [3.05, 3.63) is 0 Å². The number of hydrogen-bond acceptors (Lipinski definition) is 3. The molecule has 2 rings (SSSR count). The average Bonchev–Trinajstić information content (AvgIpc) is 2.66. The van der Waals surface area contributed by atoms with Gasteiger partial charge in [0, 0.05) is 6.04 Å². The van der Waals surface area contributed by atoms with Crippen LogP contribution in [0.4, 0.5) is 0 Å². The Bertz CT molecular complexity index is 226. The molecule has 0 bridgehead atoms. The lowest BCUT2D eigenvalue weighted by Crippen LogP contribution is -2.45. The maximum Gasteiger partial charge on any atom is 0.231 e. The first-order valence-electron chi connectivity index (χ1n) is 6.00. The molecule has 3 N–H and O–H groups in total. The van der Waals surface area contributed by atoms with Crippen LogP contribution >= 0.6 is 0 Å². The Labute approximate surface area is 91.2 Å². The van der Waals surface area contributed by atoms with Crippen molar-refractivity contribution in [3.63, 3.8) is 0 Å². The van der Waals surface area contributed by atoms with Crippen molar-refractivity contribution in [1.82, 2.24) is 10.2 Å². The van der Waals surface area contributed by atoms with Gasteiger partial charge in [0.05, 0.1) is 6.54 Å². The van der Waals surface area contributed by atoms with Crippen molar-refractivity contribution >= 4 is 5.91 Å². The molecule has 2 heterocycles. The number of primary amides is 1. The normalized spacial score (nSPS) is 33.1. The quantitative estimate of drug-likeness (QED) is 0.687. The van der Waals surface area contributed by atoms with Crippen LogP contribution in [0.3, 0.4) is 0 Å². The fourth-order valence-corrected chi connectivity index (χ4v) is 2.99. The molecule has 2 fully saturated rings. The van der Waals surface area contributed by atoms with Crippen molar-refractivity contribution in [2.75, 3.05) is 26.2 Å². The number of amides is 1. The lowest BCUT2D eigenvalue weighted by molar-refractivity contribution is -0.119. The predicted molar refractivity (Wildman–Crippen MR) is 59.4 cm³/mol. The van der Waals surface area contributed by atoms with E-state index in [1.165, 1.54) is 25.7 Å². The van der Waals surface area contributed by atoms with Gasteiger partial charge < -0.3 is 11.1 Å². The minimum absolute atomic E-state index is 0.189. The fraction of sp³-hybridized carbons (Fsp3) is 0.909. The largest absolute Gasteiger partial charge is 0.369 e. The lowest BCUT2D eigenvalue weighted by Gasteiger charge is -2.33. The maximum atomic E-state index is 10.9. The van der Waals surface area contributed by atoms with E-state index in [-0.39, 0.29) is 5.91 Å². The number of piperidine rings is 1. The summed E-state index contributed by atoms with van der Waals surface area (Å²) in [4.78, 5) is 13.2. The molecule has 4 heteroatoms. The fourth-order valence-electron chi connectivity index (χ4n) is 2.99. The Morgan fingerprint density at radius 1 is 1.40 bits per heavy atom. The zero-order valence-corrected chi connectivity index (χ0v) is 9.24. The number of nitrogens with zero attached hydrogens (tertiary/aromatic N) is 1. The number of hydrogen-bond donors (Lipinski definition) is 2. The van der Waals surface area contributed by atoms with Gasteiger partial charge in [-0.1, -0.05) is 0 Å². The second kappa shape index (κ2) is 4.94. The van der Waals surface area contributed by atoms with Gasteiger partial charge in [-0.2, -0.15) is 0 Å². The Kier molecular flexibility index (Phi) is 3.59. The molecule has 1 amide bonds. The topological polar surface area (TPSA) is 58.4 Å². The molecule has 0 aliphatic carbocycles. The van der Waals surface area contributed by atoms with Crippen LogP contribution in [0.2, 0.25) is 0 Å². The summed E-state index contributed by atoms with van der Waals surface area (Å²) in [6, 6.07) is 0.588. The van der Waals surface area contributed by atoms with Crippen LogP contribution in [0.5, 0.6) is 0 Å². The van der Waals surface area contributed by atoms with Crippen molar-refractivity contribution in [1.29, 1.82) is 0 Å². The first-order valence-corrected chi connectivity index (χ1v) is 6.00. The number of carbonyl (C=O) groups excluding carboxylic acids is 1. The summed E-state index contributed by atoms with van der Waals surface area (Å²) in [5, 5.41) is 3.44. The van der Waals surface area contributed by atoms with Gasteiger partial charge in [-0.3, -0.25) is 9.69 Å². The van der Waals surface area contributed by atoms with Crippen LogP contribution in [-0.4, -0.2) is 43.0 Å². The zero-order valence-electron chi connectivity index (χ0n) is 9.24. The van der Waals surface area contributed by atoms with Gasteiger partial charge in [0.1, 0.15) is 0 Å². The number of nitrogens with one attached hydrogen (secondary N) is 1. The van der Waals surface area contributed by atoms with Crippen LogP contribution in [0.25, 0.3) is 0 Å². The standard InChI is InChI=1S/C11H21N3O/c12-11(15)8-14-6-2-4-10(14)9-3-1-5-13-7-9/h9-10,13H,1-8H2,(H2,12,15). The van der Waals surface area contributed by atoms with E-state index in [1.807, 2.05) is 0 Å². The van der Waals surface area contributed by atoms with Crippen molar-refractivity contribution < 1.29 is 4.79 Å². The van der Waals surface area contributed by atoms with E-state index in [1.54, 1.807) is 0 Å². The summed E-state index contributed by atoms with van der Waals surface area (Å²) in [5.74, 6) is 0.534. The number of likely N-dealkylation sites (tertiary alicyclic amines) is 1. The minimum Gasteiger partial charge on any atom is -0.369 e. The second-order valence-corrected chi connectivity index (χ2v) is 4.75. The smallest absolute Gasteiger partial charge is 0.231 e. The van der Waals surface area contributed by atoms with E-state index in [4.69, 9.17) is 5.73 Å². The third-order valence-corrected chi connectivity index (χ3v) is 3.65. The highest BCUT2D eigenvalue weighted by Crippen LogP contribution is 2.27. The molecule has 2 atom stereocenters. The first kappa shape index (κ1) is 10.9. The Balaban J connectivity index is 1.91. The van der Waals surface area contributed by atoms with Gasteiger partial charge in [-0.05, 0) is 51.2 Å². The summed E-state index contributed by atoms with van der Waals surface area (Å²) in [6.45, 7) is 3.75. The van der Waals surface area contributed by atoms with E-state index in [9.17, 15) is 4.79 Å². The third-order valence-electron chi connectivity index (χ3n) is 3.65. The third kappa shape index (κ3) is 2.69. The molecule has 0 radical (unpaired) electrons. The van der Waals surface area contributed by atoms with Crippen LogP contribution in [0.1, 0.15) is 25.7 Å². The summed E-state index contributed by atoms with van der Waals surface area (Å²) < 4.78 is 0.